The molecule has 0 aliphatic rings. The van der Waals surface area contributed by atoms with Crippen LogP contribution in [-0.4, -0.2) is 0 Å². The molecule has 0 heterocycles. The first kappa shape index (κ1) is 11.0. The zero-order valence-electron chi connectivity index (χ0n) is 9.20. The lowest BCUT2D eigenvalue weighted by atomic mass is 9.98. The van der Waals surface area contributed by atoms with Crippen LogP contribution < -0.4 is 0 Å². The highest BCUT2D eigenvalue weighted by Gasteiger charge is 2.01. The van der Waals surface area contributed by atoms with Crippen LogP contribution >= 0.6 is 13.5 Å². The van der Waals surface area contributed by atoms with E-state index in [0.29, 0.717) is 0 Å². The molecule has 3 aromatic carbocycles. The van der Waals surface area contributed by atoms with E-state index in [0.717, 1.165) is 0 Å². The van der Waals surface area contributed by atoms with E-state index in [9.17, 15) is 0 Å². The van der Waals surface area contributed by atoms with Gasteiger partial charge in [0, 0.05) is 0 Å². The Labute approximate surface area is 102 Å². The van der Waals surface area contributed by atoms with Gasteiger partial charge in [0.05, 0.1) is 0 Å². The highest BCUT2D eigenvalue weighted by Crippen LogP contribution is 2.27. The van der Waals surface area contributed by atoms with Crippen LogP contribution in [0.25, 0.3) is 21.5 Å². The predicted octanol–water partition coefficient (Wildman–Crippen LogP) is 4.41. The Morgan fingerprint density at radius 1 is 0.688 bits per heavy atom. The molecule has 0 bridgehead atoms. The Bertz CT molecular complexity index is 587. The molecule has 3 rings (SSSR count). The third-order valence-electron chi connectivity index (χ3n) is 3.04. The summed E-state index contributed by atoms with van der Waals surface area (Å²) in [6.45, 7) is 2.20. The van der Waals surface area contributed by atoms with Gasteiger partial charge in [-0.3, -0.25) is 0 Å². The zero-order valence-corrected chi connectivity index (χ0v) is 10.2. The molecule has 80 valence electrons. The van der Waals surface area contributed by atoms with E-state index in [1.807, 2.05) is 0 Å². The average molecular weight is 226 g/mol. The number of benzene rings is 3. The van der Waals surface area contributed by atoms with E-state index in [4.69, 9.17) is 0 Å². The molecule has 0 amide bonds. The van der Waals surface area contributed by atoms with Crippen molar-refractivity contribution in [2.75, 3.05) is 0 Å². The van der Waals surface area contributed by atoms with Gasteiger partial charge in [-0.25, -0.2) is 0 Å². The van der Waals surface area contributed by atoms with Crippen LogP contribution in [-0.2, 0) is 0 Å². The fourth-order valence-corrected chi connectivity index (χ4v) is 2.24. The summed E-state index contributed by atoms with van der Waals surface area (Å²) in [6, 6.07) is 19.4. The number of fused-ring (bicyclic) bond motifs is 2. The smallest absolute Gasteiger partial charge is 0.0148 e. The molecule has 0 aliphatic heterocycles. The molecule has 3 aromatic rings. The van der Waals surface area contributed by atoms with Crippen molar-refractivity contribution in [3.8, 4) is 0 Å². The van der Waals surface area contributed by atoms with E-state index in [1.54, 1.807) is 0 Å². The van der Waals surface area contributed by atoms with E-state index < -0.39 is 0 Å². The Kier molecular flexibility index (Phi) is 2.88. The summed E-state index contributed by atoms with van der Waals surface area (Å²) < 4.78 is 0. The maximum atomic E-state index is 2.26. The molecule has 0 fully saturated rings. The van der Waals surface area contributed by atoms with Crippen molar-refractivity contribution in [2.24, 2.45) is 0 Å². The Morgan fingerprint density at radius 3 is 1.62 bits per heavy atom. The molecule has 0 aliphatic carbocycles. The Morgan fingerprint density at radius 2 is 1.12 bits per heavy atom. The van der Waals surface area contributed by atoms with Crippen LogP contribution in [0.5, 0.6) is 0 Å². The second kappa shape index (κ2) is 4.18. The molecule has 0 nitrogen and oxygen atoms in total. The van der Waals surface area contributed by atoms with Crippen molar-refractivity contribution in [2.45, 2.75) is 6.92 Å². The fraction of sp³-hybridized carbons (Fsp3) is 0.0667. The van der Waals surface area contributed by atoms with Crippen LogP contribution in [0.1, 0.15) is 5.56 Å². The van der Waals surface area contributed by atoms with Crippen molar-refractivity contribution >= 4 is 35.0 Å². The van der Waals surface area contributed by atoms with Crippen LogP contribution in [0, 0.1) is 6.92 Å². The van der Waals surface area contributed by atoms with Gasteiger partial charge < -0.3 is 0 Å². The maximum Gasteiger partial charge on any atom is -0.0148 e. The van der Waals surface area contributed by atoms with Crippen molar-refractivity contribution < 1.29 is 0 Å². The molecule has 0 spiro atoms. The molecule has 16 heavy (non-hydrogen) atoms. The topological polar surface area (TPSA) is 0 Å². The third kappa shape index (κ3) is 1.57. The third-order valence-corrected chi connectivity index (χ3v) is 3.04. The monoisotopic (exact) mass is 226 g/mol. The van der Waals surface area contributed by atoms with Crippen LogP contribution in [0.4, 0.5) is 0 Å². The van der Waals surface area contributed by atoms with Gasteiger partial charge >= 0.3 is 0 Å². The summed E-state index contributed by atoms with van der Waals surface area (Å²) in [5.74, 6) is 0. The number of rotatable bonds is 0. The highest BCUT2D eigenvalue weighted by molar-refractivity contribution is 7.59. The maximum absolute atomic E-state index is 2.26. The summed E-state index contributed by atoms with van der Waals surface area (Å²) in [5, 5.41) is 5.37. The van der Waals surface area contributed by atoms with Gasteiger partial charge in [0.1, 0.15) is 0 Å². The van der Waals surface area contributed by atoms with Crippen molar-refractivity contribution in [3.05, 3.63) is 60.2 Å². The summed E-state index contributed by atoms with van der Waals surface area (Å²) in [6.07, 6.45) is 0. The second-order valence-electron chi connectivity index (χ2n) is 3.94. The SMILES string of the molecule is Cc1c2ccccc2cc2ccccc12.S. The molecule has 0 aromatic heterocycles. The first-order valence-electron chi connectivity index (χ1n) is 5.23. The number of hydrogen-bond acceptors (Lipinski definition) is 0. The van der Waals surface area contributed by atoms with Gasteiger partial charge in [-0.1, -0.05) is 48.5 Å². The average Bonchev–Trinajstić information content (AvgIpc) is 2.30. The van der Waals surface area contributed by atoms with Gasteiger partial charge in [-0.15, -0.1) is 0 Å². The van der Waals surface area contributed by atoms with Gasteiger partial charge in [0.25, 0.3) is 0 Å². The normalized spacial score (nSPS) is 10.3. The Balaban J connectivity index is 0.000000963. The van der Waals surface area contributed by atoms with Crippen LogP contribution in [0.3, 0.4) is 0 Å². The van der Waals surface area contributed by atoms with Gasteiger partial charge in [0.2, 0.25) is 0 Å². The van der Waals surface area contributed by atoms with Crippen LogP contribution in [0.15, 0.2) is 54.6 Å². The summed E-state index contributed by atoms with van der Waals surface area (Å²) >= 11 is 0. The van der Waals surface area contributed by atoms with Crippen LogP contribution in [0.2, 0.25) is 0 Å². The van der Waals surface area contributed by atoms with Gasteiger partial charge in [0.15, 0.2) is 0 Å². The summed E-state index contributed by atoms with van der Waals surface area (Å²) in [4.78, 5) is 0. The molecule has 0 saturated carbocycles. The van der Waals surface area contributed by atoms with E-state index in [1.165, 1.54) is 27.1 Å². The lowest BCUT2D eigenvalue weighted by Crippen LogP contribution is -1.81. The molecule has 0 saturated heterocycles. The molecule has 0 unspecified atom stereocenters. The van der Waals surface area contributed by atoms with Crippen molar-refractivity contribution in [1.82, 2.24) is 0 Å². The minimum atomic E-state index is 0. The standard InChI is InChI=1S/C15H12.H2S/c1-11-14-8-4-2-6-12(14)10-13-7-3-5-9-15(11)13;/h2-10H,1H3;1H2. The first-order valence-corrected chi connectivity index (χ1v) is 5.23. The lowest BCUT2D eigenvalue weighted by molar-refractivity contribution is 1.58. The van der Waals surface area contributed by atoms with Gasteiger partial charge in [-0.2, -0.15) is 13.5 Å². The molecule has 0 radical (unpaired) electrons. The van der Waals surface area contributed by atoms with Crippen molar-refractivity contribution in [1.29, 1.82) is 0 Å². The summed E-state index contributed by atoms with van der Waals surface area (Å²) in [7, 11) is 0. The molecular formula is C15H14S. The molecule has 0 atom stereocenters. The number of hydrogen-bond donors (Lipinski definition) is 0. The largest absolute Gasteiger partial charge is 0.197 e. The lowest BCUT2D eigenvalue weighted by Gasteiger charge is -2.06. The quantitative estimate of drug-likeness (QED) is 0.498. The second-order valence-corrected chi connectivity index (χ2v) is 3.94. The Hall–Kier alpha value is -1.47. The highest BCUT2D eigenvalue weighted by atomic mass is 32.1. The summed E-state index contributed by atoms with van der Waals surface area (Å²) in [5.41, 5.74) is 1.38. The van der Waals surface area contributed by atoms with E-state index in [-0.39, 0.29) is 13.5 Å². The van der Waals surface area contributed by atoms with Crippen molar-refractivity contribution in [3.63, 3.8) is 0 Å². The van der Waals surface area contributed by atoms with Gasteiger partial charge in [-0.05, 0) is 40.1 Å². The minimum Gasteiger partial charge on any atom is -0.197 e. The molecular weight excluding hydrogens is 212 g/mol. The zero-order chi connectivity index (χ0) is 10.3. The fourth-order valence-electron chi connectivity index (χ4n) is 2.24. The van der Waals surface area contributed by atoms with E-state index in [2.05, 4.69) is 61.5 Å². The van der Waals surface area contributed by atoms with E-state index >= 15 is 0 Å². The number of aryl methyl sites for hydroxylation is 1. The minimum absolute atomic E-state index is 0. The predicted molar refractivity (Wildman–Crippen MR) is 76.6 cm³/mol. The first-order chi connectivity index (χ1) is 7.36. The molecule has 1 heteroatoms. The molecule has 0 N–H and O–H groups in total.